The quantitative estimate of drug-likeness (QED) is 0.761. The van der Waals surface area contributed by atoms with Crippen molar-refractivity contribution in [2.24, 2.45) is 0 Å². The molecule has 0 fully saturated rings. The third kappa shape index (κ3) is 2.88. The van der Waals surface area contributed by atoms with Gasteiger partial charge in [0.1, 0.15) is 16.9 Å². The molecule has 7 nitrogen and oxygen atoms in total. The summed E-state index contributed by atoms with van der Waals surface area (Å²) in [6.45, 7) is 0. The number of rotatable bonds is 4. The summed E-state index contributed by atoms with van der Waals surface area (Å²) in [5.41, 5.74) is 7.23. The Morgan fingerprint density at radius 2 is 2.00 bits per heavy atom. The molecule has 0 unspecified atom stereocenters. The molecule has 0 bridgehead atoms. The Morgan fingerprint density at radius 1 is 1.24 bits per heavy atom. The Kier molecular flexibility index (Phi) is 3.35. The number of hydrogen-bond acceptors (Lipinski definition) is 6. The van der Waals surface area contributed by atoms with Gasteiger partial charge in [-0.2, -0.15) is 5.10 Å². The van der Waals surface area contributed by atoms with Crippen molar-refractivity contribution in [3.8, 4) is 5.69 Å². The summed E-state index contributed by atoms with van der Waals surface area (Å²) in [6, 6.07) is 8.23. The van der Waals surface area contributed by atoms with E-state index < -0.39 is 10.0 Å². The van der Waals surface area contributed by atoms with Crippen molar-refractivity contribution in [2.75, 3.05) is 10.5 Å². The number of anilines is 2. The van der Waals surface area contributed by atoms with Crippen LogP contribution in [0.3, 0.4) is 0 Å². The predicted octanol–water partition coefficient (Wildman–Crippen LogP) is 1.71. The average Bonchev–Trinajstić information content (AvgIpc) is 3.10. The molecular weight excluding hydrogens is 310 g/mol. The average molecular weight is 321 g/mol. The second-order valence-electron chi connectivity index (χ2n) is 4.19. The third-order valence-electron chi connectivity index (χ3n) is 2.66. The van der Waals surface area contributed by atoms with Crippen molar-refractivity contribution < 1.29 is 8.42 Å². The van der Waals surface area contributed by atoms with E-state index in [1.807, 2.05) is 0 Å². The van der Waals surface area contributed by atoms with E-state index in [1.165, 1.54) is 12.4 Å². The van der Waals surface area contributed by atoms with Gasteiger partial charge in [-0.3, -0.25) is 4.72 Å². The van der Waals surface area contributed by atoms with Crippen LogP contribution in [0.2, 0.25) is 0 Å². The Hall–Kier alpha value is -2.39. The van der Waals surface area contributed by atoms with Gasteiger partial charge in [-0.15, -0.1) is 11.3 Å². The molecule has 1 aromatic carbocycles. The molecule has 108 valence electrons. The molecule has 0 saturated carbocycles. The third-order valence-corrected chi connectivity index (χ3v) is 5.50. The molecule has 0 aliphatic rings. The summed E-state index contributed by atoms with van der Waals surface area (Å²) in [4.78, 5) is 3.85. The van der Waals surface area contributed by atoms with Gasteiger partial charge < -0.3 is 5.73 Å². The standard InChI is InChI=1S/C12H11N5O2S2/c13-9-5-12(20-6-9)21(18,19)16-10-1-3-11(4-2-10)17-8-14-7-15-17/h1-8,16H,13H2. The maximum atomic E-state index is 12.1. The van der Waals surface area contributed by atoms with Crippen molar-refractivity contribution in [3.63, 3.8) is 0 Å². The van der Waals surface area contributed by atoms with Crippen LogP contribution in [0.15, 0.2) is 52.6 Å². The SMILES string of the molecule is Nc1csc(S(=O)(=O)Nc2ccc(-n3cncn3)cc2)c1. The molecule has 0 spiro atoms. The molecule has 21 heavy (non-hydrogen) atoms. The predicted molar refractivity (Wildman–Crippen MR) is 80.9 cm³/mol. The van der Waals surface area contributed by atoms with Crippen LogP contribution in [0.25, 0.3) is 5.69 Å². The first kappa shape index (κ1) is 13.6. The van der Waals surface area contributed by atoms with Crippen molar-refractivity contribution in [3.05, 3.63) is 48.4 Å². The van der Waals surface area contributed by atoms with Crippen LogP contribution in [0.5, 0.6) is 0 Å². The highest BCUT2D eigenvalue weighted by Gasteiger charge is 2.16. The number of hydrogen-bond donors (Lipinski definition) is 2. The fourth-order valence-corrected chi connectivity index (χ4v) is 3.84. The molecule has 0 saturated heterocycles. The first-order valence-corrected chi connectivity index (χ1v) is 8.23. The van der Waals surface area contributed by atoms with Gasteiger partial charge in [-0.1, -0.05) is 0 Å². The van der Waals surface area contributed by atoms with E-state index in [0.29, 0.717) is 11.4 Å². The first-order valence-electron chi connectivity index (χ1n) is 5.86. The second-order valence-corrected chi connectivity index (χ2v) is 7.01. The zero-order valence-electron chi connectivity index (χ0n) is 10.7. The van der Waals surface area contributed by atoms with Crippen LogP contribution in [0.4, 0.5) is 11.4 Å². The van der Waals surface area contributed by atoms with Crippen LogP contribution in [0, 0.1) is 0 Å². The highest BCUT2D eigenvalue weighted by atomic mass is 32.2. The first-order chi connectivity index (χ1) is 10.0. The van der Waals surface area contributed by atoms with E-state index in [2.05, 4.69) is 14.8 Å². The highest BCUT2D eigenvalue weighted by Crippen LogP contribution is 2.24. The van der Waals surface area contributed by atoms with Crippen LogP contribution in [0.1, 0.15) is 0 Å². The largest absolute Gasteiger partial charge is 0.398 e. The Labute approximate surface area is 125 Å². The van der Waals surface area contributed by atoms with Crippen molar-refractivity contribution in [1.82, 2.24) is 14.8 Å². The van der Waals surface area contributed by atoms with Crippen molar-refractivity contribution in [1.29, 1.82) is 0 Å². The van der Waals surface area contributed by atoms with Crippen LogP contribution in [-0.2, 0) is 10.0 Å². The molecule has 3 N–H and O–H groups in total. The molecule has 0 aliphatic heterocycles. The van der Waals surface area contributed by atoms with Crippen LogP contribution in [-0.4, -0.2) is 23.2 Å². The minimum Gasteiger partial charge on any atom is -0.398 e. The van der Waals surface area contributed by atoms with Gasteiger partial charge in [-0.25, -0.2) is 18.1 Å². The van der Waals surface area contributed by atoms with Gasteiger partial charge in [0, 0.05) is 16.8 Å². The van der Waals surface area contributed by atoms with Gasteiger partial charge in [0.15, 0.2) is 0 Å². The molecule has 9 heteroatoms. The molecule has 0 aliphatic carbocycles. The van der Waals surface area contributed by atoms with E-state index >= 15 is 0 Å². The molecule has 3 aromatic rings. The summed E-state index contributed by atoms with van der Waals surface area (Å²) in [6.07, 6.45) is 2.99. The van der Waals surface area contributed by atoms with E-state index in [-0.39, 0.29) is 4.21 Å². The topological polar surface area (TPSA) is 103 Å². The Balaban J connectivity index is 1.82. The summed E-state index contributed by atoms with van der Waals surface area (Å²) in [5.74, 6) is 0. The Morgan fingerprint density at radius 3 is 2.57 bits per heavy atom. The summed E-state index contributed by atoms with van der Waals surface area (Å²) < 4.78 is 28.6. The zero-order chi connectivity index (χ0) is 14.9. The normalized spacial score (nSPS) is 11.4. The van der Waals surface area contributed by atoms with Gasteiger partial charge in [-0.05, 0) is 30.3 Å². The van der Waals surface area contributed by atoms with E-state index in [1.54, 1.807) is 40.7 Å². The van der Waals surface area contributed by atoms with Crippen molar-refractivity contribution in [2.45, 2.75) is 4.21 Å². The summed E-state index contributed by atoms with van der Waals surface area (Å²) in [5, 5.41) is 5.58. The minimum atomic E-state index is -3.61. The highest BCUT2D eigenvalue weighted by molar-refractivity contribution is 7.94. The lowest BCUT2D eigenvalue weighted by atomic mass is 10.3. The smallest absolute Gasteiger partial charge is 0.271 e. The van der Waals surface area contributed by atoms with E-state index in [9.17, 15) is 8.42 Å². The summed E-state index contributed by atoms with van der Waals surface area (Å²) in [7, 11) is -3.61. The Bertz CT molecular complexity index is 838. The number of nitrogens with two attached hydrogens (primary N) is 1. The maximum Gasteiger partial charge on any atom is 0.271 e. The van der Waals surface area contributed by atoms with Crippen LogP contribution < -0.4 is 10.5 Å². The number of nitrogen functional groups attached to an aromatic ring is 1. The number of sulfonamides is 1. The van der Waals surface area contributed by atoms with E-state index in [4.69, 9.17) is 5.73 Å². The fraction of sp³-hybridized carbons (Fsp3) is 0. The molecule has 0 atom stereocenters. The molecule has 2 heterocycles. The minimum absolute atomic E-state index is 0.181. The maximum absolute atomic E-state index is 12.1. The lowest BCUT2D eigenvalue weighted by Crippen LogP contribution is -2.11. The van der Waals surface area contributed by atoms with Gasteiger partial charge in [0.05, 0.1) is 5.69 Å². The zero-order valence-corrected chi connectivity index (χ0v) is 12.3. The second kappa shape index (κ2) is 5.19. The number of nitrogens with one attached hydrogen (secondary N) is 1. The van der Waals surface area contributed by atoms with E-state index in [0.717, 1.165) is 17.0 Å². The lowest BCUT2D eigenvalue weighted by molar-refractivity contribution is 0.603. The molecule has 0 radical (unpaired) electrons. The number of aromatic nitrogens is 3. The molecule has 3 rings (SSSR count). The number of nitrogens with zero attached hydrogens (tertiary/aromatic N) is 3. The number of thiophene rings is 1. The monoisotopic (exact) mass is 321 g/mol. The van der Waals surface area contributed by atoms with Gasteiger partial charge in [0.2, 0.25) is 0 Å². The molecule has 0 amide bonds. The number of benzene rings is 1. The van der Waals surface area contributed by atoms with Crippen LogP contribution >= 0.6 is 11.3 Å². The summed E-state index contributed by atoms with van der Waals surface area (Å²) >= 11 is 1.08. The fourth-order valence-electron chi connectivity index (χ4n) is 1.70. The lowest BCUT2D eigenvalue weighted by Gasteiger charge is -2.07. The van der Waals surface area contributed by atoms with Crippen molar-refractivity contribution >= 4 is 32.7 Å². The van der Waals surface area contributed by atoms with Gasteiger partial charge in [0.25, 0.3) is 10.0 Å². The molecular formula is C12H11N5O2S2. The van der Waals surface area contributed by atoms with Gasteiger partial charge >= 0.3 is 0 Å². The molecule has 2 aromatic heterocycles.